The molecule has 0 atom stereocenters. The van der Waals surface area contributed by atoms with Gasteiger partial charge >= 0.3 is 24.3 Å². The van der Waals surface area contributed by atoms with E-state index in [-0.39, 0.29) is 13.0 Å². The highest BCUT2D eigenvalue weighted by atomic mass is 19.3. The van der Waals surface area contributed by atoms with Crippen molar-refractivity contribution in [2.45, 2.75) is 38.0 Å². The molecule has 19 heavy (non-hydrogen) atoms. The van der Waals surface area contributed by atoms with E-state index in [9.17, 15) is 27.2 Å². The zero-order chi connectivity index (χ0) is 14.9. The minimum absolute atomic E-state index is 0.0206. The van der Waals surface area contributed by atoms with Gasteiger partial charge in [-0.05, 0) is 12.8 Å². The van der Waals surface area contributed by atoms with Crippen LogP contribution in [0.15, 0.2) is 0 Å². The third-order valence-corrected chi connectivity index (χ3v) is 2.16. The molecule has 0 saturated heterocycles. The number of amides is 2. The van der Waals surface area contributed by atoms with Crippen molar-refractivity contribution in [2.24, 2.45) is 0 Å². The molecule has 5 nitrogen and oxygen atoms in total. The molecule has 0 rings (SSSR count). The largest absolute Gasteiger partial charge is 0.481 e. The highest BCUT2D eigenvalue weighted by Crippen LogP contribution is 2.21. The molecule has 3 N–H and O–H groups in total. The maximum absolute atomic E-state index is 12.4. The van der Waals surface area contributed by atoms with Gasteiger partial charge in [-0.3, -0.25) is 4.79 Å². The smallest absolute Gasteiger partial charge is 0.324 e. The molecule has 9 heteroatoms. The number of urea groups is 1. The number of halogens is 4. The lowest BCUT2D eigenvalue weighted by Gasteiger charge is -2.16. The Morgan fingerprint density at radius 1 is 1.11 bits per heavy atom. The van der Waals surface area contributed by atoms with E-state index >= 15 is 0 Å². The average Bonchev–Trinajstić information content (AvgIpc) is 2.30. The molecule has 0 aromatic carbocycles. The summed E-state index contributed by atoms with van der Waals surface area (Å²) in [6, 6.07) is -0.960. The summed E-state index contributed by atoms with van der Waals surface area (Å²) in [5.41, 5.74) is 0. The lowest BCUT2D eigenvalue weighted by atomic mass is 10.2. The van der Waals surface area contributed by atoms with E-state index in [4.69, 9.17) is 5.11 Å². The Bertz CT molecular complexity index is 300. The number of carbonyl (C=O) groups is 2. The van der Waals surface area contributed by atoms with Gasteiger partial charge in [0.1, 0.15) is 0 Å². The molecular weight excluding hydrogens is 272 g/mol. The lowest BCUT2D eigenvalue weighted by molar-refractivity contribution is -0.137. The van der Waals surface area contributed by atoms with E-state index < -0.39 is 30.9 Å². The summed E-state index contributed by atoms with van der Waals surface area (Å²) in [5.74, 6) is -5.17. The normalized spacial score (nSPS) is 11.4. The van der Waals surface area contributed by atoms with Crippen molar-refractivity contribution in [1.29, 1.82) is 0 Å². The number of carboxylic acids is 1. The first kappa shape index (κ1) is 17.5. The van der Waals surface area contributed by atoms with Crippen molar-refractivity contribution >= 4 is 12.0 Å². The van der Waals surface area contributed by atoms with Gasteiger partial charge in [0, 0.05) is 13.0 Å². The van der Waals surface area contributed by atoms with Crippen LogP contribution >= 0.6 is 0 Å². The van der Waals surface area contributed by atoms with Crippen LogP contribution in [0.25, 0.3) is 0 Å². The van der Waals surface area contributed by atoms with Crippen molar-refractivity contribution in [3.63, 3.8) is 0 Å². The van der Waals surface area contributed by atoms with Crippen molar-refractivity contribution in [3.05, 3.63) is 0 Å². The first-order valence-corrected chi connectivity index (χ1v) is 5.65. The number of nitrogens with one attached hydrogen (secondary N) is 2. The molecule has 112 valence electrons. The molecule has 0 saturated carbocycles. The number of aliphatic carboxylic acids is 1. The zero-order valence-electron chi connectivity index (χ0n) is 10.1. The molecule has 0 aliphatic rings. The Morgan fingerprint density at radius 2 is 1.74 bits per heavy atom. The predicted octanol–water partition coefficient (Wildman–Crippen LogP) is 1.83. The Hall–Kier alpha value is -1.54. The van der Waals surface area contributed by atoms with E-state index in [0.29, 0.717) is 19.3 Å². The molecule has 0 spiro atoms. The fourth-order valence-electron chi connectivity index (χ4n) is 1.12. The Morgan fingerprint density at radius 3 is 2.26 bits per heavy atom. The van der Waals surface area contributed by atoms with E-state index in [2.05, 4.69) is 5.32 Å². The van der Waals surface area contributed by atoms with Gasteiger partial charge in [0.05, 0.1) is 6.54 Å². The molecule has 0 aromatic heterocycles. The van der Waals surface area contributed by atoms with Crippen molar-refractivity contribution in [2.75, 3.05) is 13.1 Å². The summed E-state index contributed by atoms with van der Waals surface area (Å²) in [7, 11) is 0. The van der Waals surface area contributed by atoms with Gasteiger partial charge in [0.15, 0.2) is 0 Å². The Kier molecular flexibility index (Phi) is 7.85. The van der Waals surface area contributed by atoms with Crippen molar-refractivity contribution in [1.82, 2.24) is 10.6 Å². The lowest BCUT2D eigenvalue weighted by Crippen LogP contribution is -2.45. The second-order valence-corrected chi connectivity index (χ2v) is 3.88. The topological polar surface area (TPSA) is 78.4 Å². The second kappa shape index (κ2) is 8.54. The van der Waals surface area contributed by atoms with Crippen LogP contribution in [0, 0.1) is 0 Å². The summed E-state index contributed by atoms with van der Waals surface area (Å²) in [4.78, 5) is 21.1. The molecule has 0 aromatic rings. The van der Waals surface area contributed by atoms with Crippen LogP contribution in [-0.4, -0.2) is 42.5 Å². The highest BCUT2D eigenvalue weighted by molar-refractivity contribution is 5.73. The van der Waals surface area contributed by atoms with Gasteiger partial charge in [-0.1, -0.05) is 6.42 Å². The number of hydrogen-bond donors (Lipinski definition) is 3. The Balaban J connectivity index is 3.58. The van der Waals surface area contributed by atoms with Crippen LogP contribution in [0.4, 0.5) is 22.4 Å². The van der Waals surface area contributed by atoms with E-state index in [1.54, 1.807) is 5.32 Å². The number of rotatable bonds is 9. The van der Waals surface area contributed by atoms with Gasteiger partial charge < -0.3 is 15.7 Å². The monoisotopic (exact) mass is 288 g/mol. The van der Waals surface area contributed by atoms with Crippen molar-refractivity contribution < 1.29 is 32.3 Å². The highest BCUT2D eigenvalue weighted by Gasteiger charge is 2.40. The van der Waals surface area contributed by atoms with Gasteiger partial charge in [0.25, 0.3) is 0 Å². The fourth-order valence-corrected chi connectivity index (χ4v) is 1.12. The number of carbonyl (C=O) groups excluding carboxylic acids is 1. The van der Waals surface area contributed by atoms with E-state index in [1.165, 1.54) is 0 Å². The number of hydrogen-bond acceptors (Lipinski definition) is 2. The molecule has 0 heterocycles. The maximum Gasteiger partial charge on any atom is 0.324 e. The quantitative estimate of drug-likeness (QED) is 0.447. The van der Waals surface area contributed by atoms with Gasteiger partial charge in [-0.25, -0.2) is 13.6 Å². The van der Waals surface area contributed by atoms with E-state index in [0.717, 1.165) is 0 Å². The van der Waals surface area contributed by atoms with Crippen LogP contribution in [0.3, 0.4) is 0 Å². The maximum atomic E-state index is 12.4. The summed E-state index contributed by atoms with van der Waals surface area (Å²) in [5, 5.41) is 12.2. The van der Waals surface area contributed by atoms with Crippen LogP contribution in [0.5, 0.6) is 0 Å². The summed E-state index contributed by atoms with van der Waals surface area (Å²) >= 11 is 0. The number of alkyl halides is 4. The SMILES string of the molecule is O=C(O)CCCCCNC(=O)NCC(F)(F)C(F)F. The molecular formula is C10H16F4N2O3. The minimum Gasteiger partial charge on any atom is -0.481 e. The molecule has 0 radical (unpaired) electrons. The molecule has 0 aliphatic carbocycles. The third kappa shape index (κ3) is 9.09. The first-order valence-electron chi connectivity index (χ1n) is 5.65. The summed E-state index contributed by atoms with van der Waals surface area (Å²) in [6.45, 7) is -1.28. The number of carboxylic acid groups (broad SMARTS) is 1. The van der Waals surface area contributed by atoms with Gasteiger partial charge in [-0.15, -0.1) is 0 Å². The van der Waals surface area contributed by atoms with Crippen LogP contribution < -0.4 is 10.6 Å². The van der Waals surface area contributed by atoms with Gasteiger partial charge in [0.2, 0.25) is 0 Å². The van der Waals surface area contributed by atoms with Gasteiger partial charge in [-0.2, -0.15) is 8.78 Å². The molecule has 0 aliphatic heterocycles. The molecule has 0 bridgehead atoms. The second-order valence-electron chi connectivity index (χ2n) is 3.88. The van der Waals surface area contributed by atoms with Crippen molar-refractivity contribution in [3.8, 4) is 0 Å². The summed E-state index contributed by atoms with van der Waals surface area (Å²) < 4.78 is 48.3. The molecule has 2 amide bonds. The fraction of sp³-hybridized carbons (Fsp3) is 0.800. The molecule has 0 fully saturated rings. The standard InChI is InChI=1S/C10H16F4N2O3/c11-8(12)10(13,14)6-16-9(19)15-5-3-1-2-4-7(17)18/h8H,1-6H2,(H,17,18)(H2,15,16,19). The molecule has 0 unspecified atom stereocenters. The van der Waals surface area contributed by atoms with Crippen LogP contribution in [0.2, 0.25) is 0 Å². The first-order chi connectivity index (χ1) is 8.75. The Labute approximate surface area is 107 Å². The zero-order valence-corrected chi connectivity index (χ0v) is 10.1. The third-order valence-electron chi connectivity index (χ3n) is 2.16. The number of unbranched alkanes of at least 4 members (excludes halogenated alkanes) is 2. The minimum atomic E-state index is -4.25. The van der Waals surface area contributed by atoms with E-state index in [1.807, 2.05) is 0 Å². The van der Waals surface area contributed by atoms with Crippen LogP contribution in [-0.2, 0) is 4.79 Å². The average molecular weight is 288 g/mol. The van der Waals surface area contributed by atoms with Crippen LogP contribution in [0.1, 0.15) is 25.7 Å². The predicted molar refractivity (Wildman–Crippen MR) is 58.5 cm³/mol. The summed E-state index contributed by atoms with van der Waals surface area (Å²) in [6.07, 6.45) is -2.33.